The van der Waals surface area contributed by atoms with Gasteiger partial charge in [-0.3, -0.25) is 5.84 Å². The van der Waals surface area contributed by atoms with Crippen molar-refractivity contribution in [3.05, 3.63) is 69.2 Å². The minimum Gasteiger partial charge on any atom is -0.271 e. The van der Waals surface area contributed by atoms with Gasteiger partial charge in [0.25, 0.3) is 0 Å². The van der Waals surface area contributed by atoms with Crippen LogP contribution in [0.3, 0.4) is 0 Å². The maximum atomic E-state index is 13.3. The number of benzene rings is 2. The number of hydrogen-bond donors (Lipinski definition) is 2. The van der Waals surface area contributed by atoms with Crippen molar-refractivity contribution in [2.45, 2.75) is 13.0 Å². The zero-order valence-electron chi connectivity index (χ0n) is 10.3. The molecule has 2 nitrogen and oxygen atoms in total. The Morgan fingerprint density at radius 3 is 2.47 bits per heavy atom. The lowest BCUT2D eigenvalue weighted by atomic mass is 9.95. The Balaban J connectivity index is 2.49. The van der Waals surface area contributed by atoms with E-state index in [1.165, 1.54) is 6.07 Å². The van der Waals surface area contributed by atoms with Crippen molar-refractivity contribution in [1.29, 1.82) is 0 Å². The van der Waals surface area contributed by atoms with Gasteiger partial charge in [0.2, 0.25) is 0 Å². The number of hydrazine groups is 1. The van der Waals surface area contributed by atoms with Crippen molar-refractivity contribution in [3.8, 4) is 0 Å². The van der Waals surface area contributed by atoms with Crippen LogP contribution in [-0.2, 0) is 0 Å². The van der Waals surface area contributed by atoms with E-state index in [0.29, 0.717) is 5.56 Å². The third kappa shape index (κ3) is 3.00. The fourth-order valence-electron chi connectivity index (χ4n) is 1.98. The van der Waals surface area contributed by atoms with Crippen molar-refractivity contribution in [1.82, 2.24) is 5.43 Å². The van der Waals surface area contributed by atoms with E-state index in [4.69, 9.17) is 5.84 Å². The molecule has 1 unspecified atom stereocenters. The van der Waals surface area contributed by atoms with Crippen molar-refractivity contribution in [2.75, 3.05) is 0 Å². The Morgan fingerprint density at radius 2 is 1.84 bits per heavy atom. The molecule has 0 aliphatic heterocycles. The topological polar surface area (TPSA) is 38.0 Å². The van der Waals surface area contributed by atoms with Crippen molar-refractivity contribution < 1.29 is 8.78 Å². The van der Waals surface area contributed by atoms with Crippen LogP contribution >= 0.6 is 15.9 Å². The molecule has 0 saturated heterocycles. The van der Waals surface area contributed by atoms with Gasteiger partial charge in [-0.25, -0.2) is 14.2 Å². The Bertz CT molecular complexity index is 602. The second-order valence-corrected chi connectivity index (χ2v) is 5.19. The molecule has 0 aromatic heterocycles. The number of rotatable bonds is 3. The highest BCUT2D eigenvalue weighted by molar-refractivity contribution is 9.10. The van der Waals surface area contributed by atoms with Crippen molar-refractivity contribution in [2.24, 2.45) is 5.84 Å². The van der Waals surface area contributed by atoms with Crippen molar-refractivity contribution >= 4 is 15.9 Å². The molecule has 2 aromatic rings. The summed E-state index contributed by atoms with van der Waals surface area (Å²) in [4.78, 5) is 0. The zero-order valence-corrected chi connectivity index (χ0v) is 11.8. The first-order valence-corrected chi connectivity index (χ1v) is 6.49. The van der Waals surface area contributed by atoms with Crippen LogP contribution in [0.1, 0.15) is 22.7 Å². The van der Waals surface area contributed by atoms with Crippen molar-refractivity contribution in [3.63, 3.8) is 0 Å². The Kier molecular flexibility index (Phi) is 4.29. The molecular formula is C14H13BrF2N2. The van der Waals surface area contributed by atoms with Gasteiger partial charge in [0.15, 0.2) is 11.6 Å². The molecule has 5 heteroatoms. The molecule has 2 rings (SSSR count). The van der Waals surface area contributed by atoms with Gasteiger partial charge in [-0.1, -0.05) is 28.1 Å². The van der Waals surface area contributed by atoms with E-state index >= 15 is 0 Å². The average Bonchev–Trinajstić information content (AvgIpc) is 2.38. The summed E-state index contributed by atoms with van der Waals surface area (Å²) in [6, 6.07) is 9.13. The van der Waals surface area contributed by atoms with Crippen LogP contribution in [0, 0.1) is 18.6 Å². The molecule has 0 spiro atoms. The van der Waals surface area contributed by atoms with E-state index in [-0.39, 0.29) is 0 Å². The summed E-state index contributed by atoms with van der Waals surface area (Å²) in [5, 5.41) is 0. The molecule has 0 aliphatic carbocycles. The summed E-state index contributed by atoms with van der Waals surface area (Å²) in [6.45, 7) is 1.94. The van der Waals surface area contributed by atoms with Gasteiger partial charge < -0.3 is 0 Å². The van der Waals surface area contributed by atoms with E-state index in [2.05, 4.69) is 21.4 Å². The lowest BCUT2D eigenvalue weighted by Crippen LogP contribution is -2.29. The number of aryl methyl sites for hydroxylation is 1. The molecule has 1 atom stereocenters. The molecule has 19 heavy (non-hydrogen) atoms. The number of nitrogens with one attached hydrogen (secondary N) is 1. The molecule has 0 fully saturated rings. The first-order chi connectivity index (χ1) is 9.02. The summed E-state index contributed by atoms with van der Waals surface area (Å²) in [6.07, 6.45) is 0. The maximum absolute atomic E-state index is 13.3. The van der Waals surface area contributed by atoms with Crippen LogP contribution in [0.4, 0.5) is 8.78 Å². The SMILES string of the molecule is Cc1ccc(Br)cc1C(NN)c1ccc(F)c(F)c1. The van der Waals surface area contributed by atoms with Gasteiger partial charge in [-0.05, 0) is 47.9 Å². The molecule has 0 saturated carbocycles. The van der Waals surface area contributed by atoms with E-state index in [9.17, 15) is 8.78 Å². The number of halogens is 3. The maximum Gasteiger partial charge on any atom is 0.159 e. The summed E-state index contributed by atoms with van der Waals surface area (Å²) in [5.41, 5.74) is 5.13. The van der Waals surface area contributed by atoms with E-state index in [0.717, 1.165) is 27.7 Å². The molecule has 0 amide bonds. The van der Waals surface area contributed by atoms with Crippen LogP contribution in [-0.4, -0.2) is 0 Å². The van der Waals surface area contributed by atoms with Gasteiger partial charge in [0, 0.05) is 4.47 Å². The fourth-order valence-corrected chi connectivity index (χ4v) is 2.36. The molecule has 3 N–H and O–H groups in total. The van der Waals surface area contributed by atoms with Crippen LogP contribution in [0.15, 0.2) is 40.9 Å². The zero-order chi connectivity index (χ0) is 14.0. The second-order valence-electron chi connectivity index (χ2n) is 4.27. The first kappa shape index (κ1) is 14.1. The summed E-state index contributed by atoms with van der Waals surface area (Å²) in [7, 11) is 0. The smallest absolute Gasteiger partial charge is 0.159 e. The van der Waals surface area contributed by atoms with E-state index in [1.807, 2.05) is 25.1 Å². The van der Waals surface area contributed by atoms with Gasteiger partial charge in [-0.2, -0.15) is 0 Å². The van der Waals surface area contributed by atoms with Crippen LogP contribution in [0.2, 0.25) is 0 Å². The molecule has 0 heterocycles. The van der Waals surface area contributed by atoms with E-state index < -0.39 is 17.7 Å². The normalized spacial score (nSPS) is 12.5. The quantitative estimate of drug-likeness (QED) is 0.668. The van der Waals surface area contributed by atoms with Crippen LogP contribution in [0.25, 0.3) is 0 Å². The fraction of sp³-hybridized carbons (Fsp3) is 0.143. The summed E-state index contributed by atoms with van der Waals surface area (Å²) in [5.74, 6) is 3.81. The summed E-state index contributed by atoms with van der Waals surface area (Å²) >= 11 is 3.39. The highest BCUT2D eigenvalue weighted by Crippen LogP contribution is 2.27. The third-order valence-corrected chi connectivity index (χ3v) is 3.49. The lowest BCUT2D eigenvalue weighted by molar-refractivity contribution is 0.504. The minimum atomic E-state index is -0.884. The lowest BCUT2D eigenvalue weighted by Gasteiger charge is -2.19. The number of hydrogen-bond acceptors (Lipinski definition) is 2. The van der Waals surface area contributed by atoms with Gasteiger partial charge in [-0.15, -0.1) is 0 Å². The molecule has 2 aromatic carbocycles. The first-order valence-electron chi connectivity index (χ1n) is 5.70. The highest BCUT2D eigenvalue weighted by atomic mass is 79.9. The van der Waals surface area contributed by atoms with Gasteiger partial charge >= 0.3 is 0 Å². The van der Waals surface area contributed by atoms with E-state index in [1.54, 1.807) is 0 Å². The molecular weight excluding hydrogens is 314 g/mol. The monoisotopic (exact) mass is 326 g/mol. The second kappa shape index (κ2) is 5.77. The Morgan fingerprint density at radius 1 is 1.11 bits per heavy atom. The Hall–Kier alpha value is -1.30. The minimum absolute atomic E-state index is 0.396. The van der Waals surface area contributed by atoms with Gasteiger partial charge in [0.1, 0.15) is 0 Å². The number of nitrogens with two attached hydrogens (primary N) is 1. The van der Waals surface area contributed by atoms with Crippen LogP contribution < -0.4 is 11.3 Å². The van der Waals surface area contributed by atoms with Gasteiger partial charge in [0.05, 0.1) is 6.04 Å². The Labute approximate surface area is 118 Å². The predicted octanol–water partition coefficient (Wildman–Crippen LogP) is 3.59. The molecule has 100 valence electrons. The largest absolute Gasteiger partial charge is 0.271 e. The molecule has 0 radical (unpaired) electrons. The van der Waals surface area contributed by atoms with Crippen LogP contribution in [0.5, 0.6) is 0 Å². The molecule has 0 aliphatic rings. The molecule has 0 bridgehead atoms. The highest BCUT2D eigenvalue weighted by Gasteiger charge is 2.16. The predicted molar refractivity (Wildman–Crippen MR) is 74.4 cm³/mol. The summed E-state index contributed by atoms with van der Waals surface area (Å²) < 4.78 is 27.2. The average molecular weight is 327 g/mol. The third-order valence-electron chi connectivity index (χ3n) is 3.00. The standard InChI is InChI=1S/C14H13BrF2N2/c1-8-2-4-10(15)7-11(8)14(19-18)9-3-5-12(16)13(17)6-9/h2-7,14,19H,18H2,1H3.